The summed E-state index contributed by atoms with van der Waals surface area (Å²) in [7, 11) is 0. The first-order valence-corrected chi connectivity index (χ1v) is 10.0. The molecule has 4 N–H and O–H groups in total. The van der Waals surface area contributed by atoms with Gasteiger partial charge < -0.3 is 21.3 Å². The van der Waals surface area contributed by atoms with Gasteiger partial charge in [0, 0.05) is 50.0 Å². The van der Waals surface area contributed by atoms with Gasteiger partial charge in [0.2, 0.25) is 0 Å². The van der Waals surface area contributed by atoms with Gasteiger partial charge in [-0.1, -0.05) is 83.1 Å². The van der Waals surface area contributed by atoms with Crippen molar-refractivity contribution in [1.82, 2.24) is 21.3 Å². The fraction of sp³-hybridized carbons (Fsp3) is 1.00. The summed E-state index contributed by atoms with van der Waals surface area (Å²) in [4.78, 5) is 0. The van der Waals surface area contributed by atoms with E-state index in [1.54, 1.807) is 0 Å². The predicted octanol–water partition coefficient (Wildman–Crippen LogP) is 4.01. The van der Waals surface area contributed by atoms with Gasteiger partial charge in [-0.2, -0.15) is 0 Å². The molecule has 0 atom stereocenters. The van der Waals surface area contributed by atoms with Gasteiger partial charge in [-0.15, -0.1) is 0 Å². The zero-order valence-corrected chi connectivity index (χ0v) is 23.2. The minimum atomic E-state index is 0. The molecule has 0 saturated carbocycles. The molecule has 0 fully saturated rings. The molecule has 0 aliphatic carbocycles. The third kappa shape index (κ3) is 78.9. The second kappa shape index (κ2) is 32.4. The molecule has 0 aromatic carbocycles. The zero-order chi connectivity index (χ0) is 20.0. The third-order valence-corrected chi connectivity index (χ3v) is 2.33. The molecule has 0 aromatic rings. The SMILES string of the molecule is CC(C)NC(C)C.CC(C)NC(C)C.CCNCC.CCNCC.[Hf]. The van der Waals surface area contributed by atoms with E-state index in [2.05, 4.69) is 104 Å². The van der Waals surface area contributed by atoms with Gasteiger partial charge in [-0.05, 0) is 26.2 Å². The Bertz CT molecular complexity index is 151. The van der Waals surface area contributed by atoms with Crippen LogP contribution in [0, 0.1) is 0 Å². The van der Waals surface area contributed by atoms with Crippen LogP contribution in [0.2, 0.25) is 0 Å². The molecule has 0 saturated heterocycles. The minimum absolute atomic E-state index is 0. The molecule has 5 heteroatoms. The van der Waals surface area contributed by atoms with E-state index < -0.39 is 0 Å². The molecule has 0 unspecified atom stereocenters. The van der Waals surface area contributed by atoms with Gasteiger partial charge in [0.1, 0.15) is 0 Å². The van der Waals surface area contributed by atoms with Crippen molar-refractivity contribution >= 4 is 0 Å². The van der Waals surface area contributed by atoms with Crippen LogP contribution in [-0.2, 0) is 25.8 Å². The fourth-order valence-electron chi connectivity index (χ4n) is 1.83. The number of nitrogens with one attached hydrogen (secondary N) is 4. The average Bonchev–Trinajstić information content (AvgIpc) is 2.39. The maximum absolute atomic E-state index is 3.31. The van der Waals surface area contributed by atoms with Crippen LogP contribution in [0.25, 0.3) is 0 Å². The molecule has 25 heavy (non-hydrogen) atoms. The van der Waals surface area contributed by atoms with E-state index in [1.165, 1.54) is 0 Å². The van der Waals surface area contributed by atoms with Gasteiger partial charge >= 0.3 is 0 Å². The van der Waals surface area contributed by atoms with E-state index in [-0.39, 0.29) is 25.8 Å². The van der Waals surface area contributed by atoms with Crippen molar-refractivity contribution in [1.29, 1.82) is 0 Å². The molecule has 0 rings (SSSR count). The van der Waals surface area contributed by atoms with E-state index in [0.29, 0.717) is 24.2 Å². The van der Waals surface area contributed by atoms with Crippen molar-refractivity contribution < 1.29 is 25.8 Å². The van der Waals surface area contributed by atoms with E-state index in [0.717, 1.165) is 26.2 Å². The number of hydrogen-bond acceptors (Lipinski definition) is 4. The van der Waals surface area contributed by atoms with Crippen molar-refractivity contribution in [2.24, 2.45) is 0 Å². The molecule has 0 bridgehead atoms. The van der Waals surface area contributed by atoms with Gasteiger partial charge in [-0.3, -0.25) is 0 Å². The van der Waals surface area contributed by atoms with Crippen molar-refractivity contribution in [3.8, 4) is 0 Å². The van der Waals surface area contributed by atoms with Crippen molar-refractivity contribution in [2.75, 3.05) is 26.2 Å². The summed E-state index contributed by atoms with van der Waals surface area (Å²) in [6, 6.07) is 2.50. The topological polar surface area (TPSA) is 48.1 Å². The maximum atomic E-state index is 3.31. The average molecular weight is 527 g/mol. The quantitative estimate of drug-likeness (QED) is 0.361. The van der Waals surface area contributed by atoms with Crippen LogP contribution in [0.3, 0.4) is 0 Å². The number of rotatable bonds is 8. The summed E-state index contributed by atoms with van der Waals surface area (Å²) >= 11 is 0. The molecule has 0 aliphatic rings. The van der Waals surface area contributed by atoms with E-state index >= 15 is 0 Å². The molecule has 0 heterocycles. The minimum Gasteiger partial charge on any atom is -0.317 e. The molecule has 0 amide bonds. The van der Waals surface area contributed by atoms with Crippen LogP contribution in [0.4, 0.5) is 0 Å². The molecule has 0 spiro atoms. The molecule has 156 valence electrons. The Morgan fingerprint density at radius 1 is 0.440 bits per heavy atom. The van der Waals surface area contributed by atoms with Crippen LogP contribution >= 0.6 is 0 Å². The molecular formula is C20H52HfN4. The van der Waals surface area contributed by atoms with Crippen molar-refractivity contribution in [3.05, 3.63) is 0 Å². The third-order valence-electron chi connectivity index (χ3n) is 2.33. The van der Waals surface area contributed by atoms with Crippen LogP contribution in [-0.4, -0.2) is 50.3 Å². The van der Waals surface area contributed by atoms with Gasteiger partial charge in [0.05, 0.1) is 0 Å². The molecular weight excluding hydrogens is 475 g/mol. The Morgan fingerprint density at radius 2 is 0.600 bits per heavy atom. The van der Waals surface area contributed by atoms with Crippen LogP contribution < -0.4 is 21.3 Å². The first-order valence-electron chi connectivity index (χ1n) is 10.0. The monoisotopic (exact) mass is 528 g/mol. The van der Waals surface area contributed by atoms with Crippen LogP contribution in [0.15, 0.2) is 0 Å². The van der Waals surface area contributed by atoms with E-state index in [4.69, 9.17) is 0 Å². The summed E-state index contributed by atoms with van der Waals surface area (Å²) in [6.45, 7) is 30.0. The van der Waals surface area contributed by atoms with Gasteiger partial charge in [-0.25, -0.2) is 0 Å². The summed E-state index contributed by atoms with van der Waals surface area (Å²) in [6.07, 6.45) is 0. The second-order valence-electron chi connectivity index (χ2n) is 6.87. The Morgan fingerprint density at radius 3 is 0.600 bits per heavy atom. The first kappa shape index (κ1) is 36.6. The summed E-state index contributed by atoms with van der Waals surface area (Å²) in [5.74, 6) is 0. The van der Waals surface area contributed by atoms with Gasteiger partial charge in [0.15, 0.2) is 0 Å². The second-order valence-corrected chi connectivity index (χ2v) is 6.87. The maximum Gasteiger partial charge on any atom is 0.00127 e. The summed E-state index contributed by atoms with van der Waals surface area (Å²) < 4.78 is 0. The zero-order valence-electron chi connectivity index (χ0n) is 19.6. The Balaban J connectivity index is -0.0000000711. The van der Waals surface area contributed by atoms with Crippen molar-refractivity contribution in [3.63, 3.8) is 0 Å². The van der Waals surface area contributed by atoms with Crippen molar-refractivity contribution in [2.45, 2.75) is 107 Å². The van der Waals surface area contributed by atoms with Gasteiger partial charge in [0.25, 0.3) is 0 Å². The number of hydrogen-bond donors (Lipinski definition) is 4. The molecule has 0 aliphatic heterocycles. The summed E-state index contributed by atoms with van der Waals surface area (Å²) in [5.41, 5.74) is 0. The van der Waals surface area contributed by atoms with Crippen LogP contribution in [0.1, 0.15) is 83.1 Å². The molecule has 0 aromatic heterocycles. The Labute approximate surface area is 180 Å². The molecule has 4 nitrogen and oxygen atoms in total. The normalized spacial score (nSPS) is 9.60. The van der Waals surface area contributed by atoms with E-state index in [1.807, 2.05) is 0 Å². The smallest absolute Gasteiger partial charge is 0.00127 e. The standard InChI is InChI=1S/2C6H15N.2C4H11N.Hf/c2*1-5(2)7-6(3)4;2*1-3-5-4-2;/h2*5-7H,1-4H3;2*5H,3-4H2,1-2H3;. The molecule has 0 radical (unpaired) electrons. The first-order chi connectivity index (χ1) is 11.1. The summed E-state index contributed by atoms with van der Waals surface area (Å²) in [5, 5.41) is 12.8. The Hall–Kier alpha value is 0.710. The Kier molecular flexibility index (Phi) is 47.4. The fourth-order valence-corrected chi connectivity index (χ4v) is 1.83. The predicted molar refractivity (Wildman–Crippen MR) is 115 cm³/mol. The van der Waals surface area contributed by atoms with Crippen LogP contribution in [0.5, 0.6) is 0 Å². The van der Waals surface area contributed by atoms with E-state index in [9.17, 15) is 0 Å². The largest absolute Gasteiger partial charge is 0.317 e.